The Labute approximate surface area is 169 Å². The molecule has 5 rings (SSSR count). The van der Waals surface area contributed by atoms with E-state index in [-0.39, 0.29) is 29.7 Å². The van der Waals surface area contributed by atoms with Crippen LogP contribution in [-0.4, -0.2) is 40.4 Å². The van der Waals surface area contributed by atoms with Gasteiger partial charge >= 0.3 is 0 Å². The molecule has 0 N–H and O–H groups in total. The summed E-state index contributed by atoms with van der Waals surface area (Å²) in [4.78, 5) is 41.7. The third kappa shape index (κ3) is 3.02. The lowest BCUT2D eigenvalue weighted by molar-refractivity contribution is -0.123. The fourth-order valence-corrected chi connectivity index (χ4v) is 5.24. The third-order valence-corrected chi connectivity index (χ3v) is 6.67. The first-order valence-corrected chi connectivity index (χ1v) is 10.4. The minimum atomic E-state index is -0.402. The molecule has 0 unspecified atom stereocenters. The Balaban J connectivity index is 1.39. The predicted octanol–water partition coefficient (Wildman–Crippen LogP) is 2.16. The first-order chi connectivity index (χ1) is 14.0. The van der Waals surface area contributed by atoms with Crippen molar-refractivity contribution in [1.29, 1.82) is 0 Å². The molecule has 29 heavy (non-hydrogen) atoms. The zero-order chi connectivity index (χ0) is 20.1. The third-order valence-electron chi connectivity index (χ3n) is 6.67. The maximum Gasteiger partial charge on any atom is 0.251 e. The van der Waals surface area contributed by atoms with Gasteiger partial charge in [-0.1, -0.05) is 25.1 Å². The Morgan fingerprint density at radius 1 is 0.966 bits per heavy atom. The van der Waals surface area contributed by atoms with Crippen LogP contribution in [0.4, 0.5) is 5.69 Å². The summed E-state index contributed by atoms with van der Waals surface area (Å²) in [5, 5.41) is 0. The smallest absolute Gasteiger partial charge is 0.251 e. The molecular weight excluding hydrogens is 366 g/mol. The van der Waals surface area contributed by atoms with E-state index < -0.39 is 6.04 Å². The summed E-state index contributed by atoms with van der Waals surface area (Å²) in [5.41, 5.74) is 2.96. The van der Waals surface area contributed by atoms with Crippen LogP contribution in [0.1, 0.15) is 36.9 Å². The van der Waals surface area contributed by atoms with Crippen LogP contribution in [0.3, 0.4) is 0 Å². The number of likely N-dealkylation sites (tertiary alicyclic amines) is 1. The number of fused-ring (bicyclic) bond motifs is 4. The first-order valence-electron chi connectivity index (χ1n) is 10.4. The summed E-state index contributed by atoms with van der Waals surface area (Å²) in [6.45, 7) is 4.24. The van der Waals surface area contributed by atoms with E-state index in [0.717, 1.165) is 25.1 Å². The Hall–Kier alpha value is -2.73. The minimum Gasteiger partial charge on any atom is -0.312 e. The van der Waals surface area contributed by atoms with Gasteiger partial charge in [0.1, 0.15) is 0 Å². The van der Waals surface area contributed by atoms with Crippen LogP contribution in [0.25, 0.3) is 0 Å². The molecule has 0 saturated carbocycles. The highest BCUT2D eigenvalue weighted by Crippen LogP contribution is 2.37. The van der Waals surface area contributed by atoms with Gasteiger partial charge in [0.2, 0.25) is 5.91 Å². The number of amides is 2. The van der Waals surface area contributed by atoms with Gasteiger partial charge in [-0.05, 0) is 42.5 Å². The van der Waals surface area contributed by atoms with E-state index in [1.54, 1.807) is 6.07 Å². The van der Waals surface area contributed by atoms with Crippen LogP contribution in [0.5, 0.6) is 0 Å². The number of hydrogen-bond acceptors (Lipinski definition) is 4. The molecule has 3 aliphatic rings. The Bertz CT molecular complexity index is 1030. The summed E-state index contributed by atoms with van der Waals surface area (Å²) in [5.74, 6) is 0.320. The Morgan fingerprint density at radius 3 is 2.52 bits per heavy atom. The van der Waals surface area contributed by atoms with E-state index in [2.05, 4.69) is 11.8 Å². The second kappa shape index (κ2) is 6.95. The van der Waals surface area contributed by atoms with Gasteiger partial charge in [0, 0.05) is 37.3 Å². The van der Waals surface area contributed by atoms with E-state index in [4.69, 9.17) is 0 Å². The van der Waals surface area contributed by atoms with E-state index >= 15 is 0 Å². The maximum absolute atomic E-state index is 13.2. The van der Waals surface area contributed by atoms with Crippen molar-refractivity contribution in [2.24, 2.45) is 5.92 Å². The molecule has 0 aliphatic carbocycles. The molecule has 1 aromatic heterocycles. The number of nitrogens with zero attached hydrogens (tertiary/aromatic N) is 3. The highest BCUT2D eigenvalue weighted by molar-refractivity contribution is 6.22. The molecule has 6 heteroatoms. The molecule has 2 saturated heterocycles. The van der Waals surface area contributed by atoms with Crippen molar-refractivity contribution in [2.75, 3.05) is 18.0 Å². The summed E-state index contributed by atoms with van der Waals surface area (Å²) >= 11 is 0. The average Bonchev–Trinajstić information content (AvgIpc) is 3.03. The van der Waals surface area contributed by atoms with Crippen molar-refractivity contribution in [1.82, 2.24) is 9.47 Å². The fraction of sp³-hybridized carbons (Fsp3) is 0.435. The number of carbonyl (C=O) groups excluding carboxylic acids is 2. The number of aromatic nitrogens is 1. The fourth-order valence-electron chi connectivity index (χ4n) is 5.24. The summed E-state index contributed by atoms with van der Waals surface area (Å²) in [6.07, 6.45) is 2.19. The molecule has 3 atom stereocenters. The molecule has 2 amide bonds. The summed E-state index contributed by atoms with van der Waals surface area (Å²) < 4.78 is 1.89. The second-order valence-electron chi connectivity index (χ2n) is 8.46. The van der Waals surface area contributed by atoms with Crippen molar-refractivity contribution >= 4 is 17.5 Å². The molecule has 2 fully saturated rings. The normalized spacial score (nSPS) is 26.7. The van der Waals surface area contributed by atoms with Crippen LogP contribution >= 0.6 is 0 Å². The lowest BCUT2D eigenvalue weighted by atomic mass is 9.82. The maximum atomic E-state index is 13.2. The quantitative estimate of drug-likeness (QED) is 0.753. The standard InChI is InChI=1S/C23H25N3O3/c1-2-15-6-8-18(9-7-15)26-22(28)11-20(23(26)29)24-12-16-10-17(14-24)19-4-3-5-21(27)25(19)13-16/h3-9,16-17,20H,2,10-14H2,1H3/t16-,17+,20-/m1/s1. The largest absolute Gasteiger partial charge is 0.312 e. The van der Waals surface area contributed by atoms with Crippen molar-refractivity contribution in [3.05, 3.63) is 64.1 Å². The number of imide groups is 1. The van der Waals surface area contributed by atoms with Crippen LogP contribution in [0.2, 0.25) is 0 Å². The molecule has 1 aromatic carbocycles. The van der Waals surface area contributed by atoms with Crippen molar-refractivity contribution in [3.8, 4) is 0 Å². The Morgan fingerprint density at radius 2 is 1.76 bits per heavy atom. The number of piperidine rings is 1. The zero-order valence-electron chi connectivity index (χ0n) is 16.6. The van der Waals surface area contributed by atoms with E-state index in [1.807, 2.05) is 41.0 Å². The van der Waals surface area contributed by atoms with E-state index in [0.29, 0.717) is 24.7 Å². The van der Waals surface area contributed by atoms with E-state index in [1.165, 1.54) is 10.5 Å². The first kappa shape index (κ1) is 18.3. The number of rotatable bonds is 3. The number of benzene rings is 1. The average molecular weight is 391 g/mol. The van der Waals surface area contributed by atoms with Crippen LogP contribution in [0.15, 0.2) is 47.3 Å². The van der Waals surface area contributed by atoms with Gasteiger partial charge in [-0.3, -0.25) is 19.3 Å². The highest BCUT2D eigenvalue weighted by atomic mass is 16.2. The minimum absolute atomic E-state index is 0.0551. The molecule has 2 aromatic rings. The molecular formula is C23H25N3O3. The predicted molar refractivity (Wildman–Crippen MR) is 110 cm³/mol. The van der Waals surface area contributed by atoms with Gasteiger partial charge < -0.3 is 4.57 Å². The number of aryl methyl sites for hydroxylation is 1. The number of carbonyl (C=O) groups is 2. The SMILES string of the molecule is CCc1ccc(N2C(=O)C[C@@H](N3C[C@H]4C[C@@H](C3)c3cccc(=O)n3C4)C2=O)cc1. The lowest BCUT2D eigenvalue weighted by Crippen LogP contribution is -2.52. The van der Waals surface area contributed by atoms with Crippen molar-refractivity contribution in [2.45, 2.75) is 44.7 Å². The number of pyridine rings is 1. The summed E-state index contributed by atoms with van der Waals surface area (Å²) in [7, 11) is 0. The van der Waals surface area contributed by atoms with Crippen molar-refractivity contribution in [3.63, 3.8) is 0 Å². The monoisotopic (exact) mass is 391 g/mol. The van der Waals surface area contributed by atoms with Gasteiger partial charge in [-0.2, -0.15) is 0 Å². The van der Waals surface area contributed by atoms with Gasteiger partial charge in [0.25, 0.3) is 11.5 Å². The molecule has 150 valence electrons. The zero-order valence-corrected chi connectivity index (χ0v) is 16.6. The molecule has 6 nitrogen and oxygen atoms in total. The van der Waals surface area contributed by atoms with Crippen molar-refractivity contribution < 1.29 is 9.59 Å². The Kier molecular flexibility index (Phi) is 4.39. The van der Waals surface area contributed by atoms with E-state index in [9.17, 15) is 14.4 Å². The molecule has 2 bridgehead atoms. The number of hydrogen-bond donors (Lipinski definition) is 0. The van der Waals surface area contributed by atoms with Gasteiger partial charge in [-0.25, -0.2) is 4.90 Å². The van der Waals surface area contributed by atoms with Crippen LogP contribution in [0, 0.1) is 5.92 Å². The van der Waals surface area contributed by atoms with Gasteiger partial charge in [0.05, 0.1) is 18.2 Å². The molecule has 4 heterocycles. The van der Waals surface area contributed by atoms with Gasteiger partial charge in [0.15, 0.2) is 0 Å². The van der Waals surface area contributed by atoms with Crippen LogP contribution in [-0.2, 0) is 22.6 Å². The topological polar surface area (TPSA) is 62.6 Å². The van der Waals surface area contributed by atoms with Gasteiger partial charge in [-0.15, -0.1) is 0 Å². The van der Waals surface area contributed by atoms with Crippen LogP contribution < -0.4 is 10.5 Å². The second-order valence-corrected chi connectivity index (χ2v) is 8.46. The molecule has 0 spiro atoms. The number of anilines is 1. The summed E-state index contributed by atoms with van der Waals surface area (Å²) in [6, 6.07) is 12.7. The highest BCUT2D eigenvalue weighted by Gasteiger charge is 2.46. The molecule has 0 radical (unpaired) electrons. The lowest BCUT2D eigenvalue weighted by Gasteiger charge is -2.44. The molecule has 3 aliphatic heterocycles.